The number of piperidine rings is 1. The van der Waals surface area contributed by atoms with E-state index in [1.807, 2.05) is 12.1 Å². The van der Waals surface area contributed by atoms with Crippen LogP contribution in [0.25, 0.3) is 0 Å². The summed E-state index contributed by atoms with van der Waals surface area (Å²) in [5, 5.41) is 3.56. The molecule has 0 saturated carbocycles. The monoisotopic (exact) mass is 250 g/mol. The van der Waals surface area contributed by atoms with Gasteiger partial charge in [-0.25, -0.2) is 4.39 Å². The van der Waals surface area contributed by atoms with E-state index in [4.69, 9.17) is 0 Å². The molecule has 0 aliphatic carbocycles. The number of halogens is 1. The molecule has 2 nitrogen and oxygen atoms in total. The molecule has 100 valence electrons. The maximum Gasteiger partial charge on any atom is 0.126 e. The van der Waals surface area contributed by atoms with Gasteiger partial charge in [0, 0.05) is 24.3 Å². The molecule has 1 aromatic rings. The van der Waals surface area contributed by atoms with Crippen molar-refractivity contribution in [2.45, 2.75) is 39.3 Å². The van der Waals surface area contributed by atoms with Crippen molar-refractivity contribution in [1.82, 2.24) is 4.90 Å². The van der Waals surface area contributed by atoms with Gasteiger partial charge in [-0.2, -0.15) is 0 Å². The first-order chi connectivity index (χ1) is 8.47. The molecule has 0 radical (unpaired) electrons. The SMILES string of the molecule is Cc1cc(NC2CC(C)N(C)CC2C)ccc1F. The third kappa shape index (κ3) is 2.83. The lowest BCUT2D eigenvalue weighted by Gasteiger charge is -2.40. The highest BCUT2D eigenvalue weighted by Gasteiger charge is 2.28. The Hall–Kier alpha value is -1.09. The molecule has 1 heterocycles. The van der Waals surface area contributed by atoms with E-state index in [9.17, 15) is 4.39 Å². The van der Waals surface area contributed by atoms with E-state index in [0.29, 0.717) is 23.6 Å². The lowest BCUT2D eigenvalue weighted by molar-refractivity contribution is 0.145. The van der Waals surface area contributed by atoms with Crippen molar-refractivity contribution >= 4 is 5.69 Å². The van der Waals surface area contributed by atoms with Gasteiger partial charge in [-0.15, -0.1) is 0 Å². The lowest BCUT2D eigenvalue weighted by atomic mass is 9.89. The molecular formula is C15H23FN2. The normalized spacial score (nSPS) is 29.3. The fourth-order valence-electron chi connectivity index (χ4n) is 2.69. The van der Waals surface area contributed by atoms with Crippen LogP contribution in [-0.2, 0) is 0 Å². The lowest BCUT2D eigenvalue weighted by Crippen LogP contribution is -2.48. The summed E-state index contributed by atoms with van der Waals surface area (Å²) in [6, 6.07) is 6.34. The van der Waals surface area contributed by atoms with E-state index in [1.165, 1.54) is 0 Å². The standard InChI is InChI=1S/C15H23FN2/c1-10-7-13(5-6-14(10)16)17-15-8-12(3)18(4)9-11(15)2/h5-7,11-12,15,17H,8-9H2,1-4H3. The molecule has 1 aromatic carbocycles. The first-order valence-electron chi connectivity index (χ1n) is 6.70. The number of aryl methyl sites for hydroxylation is 1. The second-order valence-electron chi connectivity index (χ2n) is 5.72. The molecule has 1 N–H and O–H groups in total. The Bertz CT molecular complexity index is 419. The summed E-state index contributed by atoms with van der Waals surface area (Å²) in [5.41, 5.74) is 1.73. The van der Waals surface area contributed by atoms with Gasteiger partial charge in [-0.3, -0.25) is 0 Å². The molecule has 3 unspecified atom stereocenters. The van der Waals surface area contributed by atoms with Crippen molar-refractivity contribution in [3.8, 4) is 0 Å². The van der Waals surface area contributed by atoms with Gasteiger partial charge >= 0.3 is 0 Å². The molecule has 1 saturated heterocycles. The molecule has 0 spiro atoms. The molecule has 3 heteroatoms. The average molecular weight is 250 g/mol. The highest BCUT2D eigenvalue weighted by atomic mass is 19.1. The highest BCUT2D eigenvalue weighted by molar-refractivity contribution is 5.47. The molecule has 0 amide bonds. The zero-order valence-corrected chi connectivity index (χ0v) is 11.7. The Morgan fingerprint density at radius 2 is 2.06 bits per heavy atom. The number of hydrogen-bond acceptors (Lipinski definition) is 2. The number of benzene rings is 1. The second kappa shape index (κ2) is 5.27. The van der Waals surface area contributed by atoms with Crippen molar-refractivity contribution in [3.63, 3.8) is 0 Å². The maximum atomic E-state index is 13.2. The number of anilines is 1. The minimum atomic E-state index is -0.134. The van der Waals surface area contributed by atoms with Gasteiger partial charge in [-0.05, 0) is 57.0 Å². The van der Waals surface area contributed by atoms with Crippen molar-refractivity contribution in [2.24, 2.45) is 5.92 Å². The van der Waals surface area contributed by atoms with Crippen molar-refractivity contribution < 1.29 is 4.39 Å². The predicted octanol–water partition coefficient (Wildman–Crippen LogP) is 3.27. The Morgan fingerprint density at radius 1 is 1.33 bits per heavy atom. The summed E-state index contributed by atoms with van der Waals surface area (Å²) in [5.74, 6) is 0.474. The largest absolute Gasteiger partial charge is 0.382 e. The third-order valence-corrected chi connectivity index (χ3v) is 4.12. The van der Waals surface area contributed by atoms with Gasteiger partial charge in [0.25, 0.3) is 0 Å². The third-order valence-electron chi connectivity index (χ3n) is 4.12. The first kappa shape index (κ1) is 13.3. The van der Waals surface area contributed by atoms with Crippen LogP contribution in [0.3, 0.4) is 0 Å². The number of nitrogens with one attached hydrogen (secondary N) is 1. The van der Waals surface area contributed by atoms with E-state index in [0.717, 1.165) is 18.7 Å². The number of nitrogens with zero attached hydrogens (tertiary/aromatic N) is 1. The first-order valence-corrected chi connectivity index (χ1v) is 6.70. The molecular weight excluding hydrogens is 227 g/mol. The molecule has 18 heavy (non-hydrogen) atoms. The Labute approximate surface area is 109 Å². The van der Waals surface area contributed by atoms with Gasteiger partial charge in [-0.1, -0.05) is 6.92 Å². The van der Waals surface area contributed by atoms with Gasteiger partial charge in [0.1, 0.15) is 5.82 Å². The topological polar surface area (TPSA) is 15.3 Å². The molecule has 3 atom stereocenters. The van der Waals surface area contributed by atoms with Crippen molar-refractivity contribution in [3.05, 3.63) is 29.6 Å². The highest BCUT2D eigenvalue weighted by Crippen LogP contribution is 2.25. The van der Waals surface area contributed by atoms with Gasteiger partial charge < -0.3 is 10.2 Å². The quantitative estimate of drug-likeness (QED) is 0.866. The van der Waals surface area contributed by atoms with E-state index < -0.39 is 0 Å². The summed E-state index contributed by atoms with van der Waals surface area (Å²) >= 11 is 0. The zero-order valence-electron chi connectivity index (χ0n) is 11.7. The van der Waals surface area contributed by atoms with Crippen LogP contribution in [0, 0.1) is 18.7 Å². The number of likely N-dealkylation sites (tertiary alicyclic amines) is 1. The van der Waals surface area contributed by atoms with Crippen molar-refractivity contribution in [1.29, 1.82) is 0 Å². The van der Waals surface area contributed by atoms with Crippen LogP contribution in [-0.4, -0.2) is 30.6 Å². The van der Waals surface area contributed by atoms with Crippen LogP contribution in [0.5, 0.6) is 0 Å². The summed E-state index contributed by atoms with van der Waals surface area (Å²) in [7, 11) is 2.18. The maximum absolute atomic E-state index is 13.2. The molecule has 0 aromatic heterocycles. The van der Waals surface area contributed by atoms with Gasteiger partial charge in [0.05, 0.1) is 0 Å². The average Bonchev–Trinajstić information content (AvgIpc) is 2.31. The molecule has 1 aliphatic rings. The van der Waals surface area contributed by atoms with E-state index in [-0.39, 0.29) is 5.82 Å². The van der Waals surface area contributed by atoms with E-state index in [1.54, 1.807) is 13.0 Å². The second-order valence-corrected chi connectivity index (χ2v) is 5.72. The van der Waals surface area contributed by atoms with Crippen LogP contribution in [0.2, 0.25) is 0 Å². The Balaban J connectivity index is 2.06. The fourth-order valence-corrected chi connectivity index (χ4v) is 2.69. The molecule has 1 fully saturated rings. The minimum Gasteiger partial charge on any atom is -0.382 e. The molecule has 1 aliphatic heterocycles. The molecule has 2 rings (SSSR count). The summed E-state index contributed by atoms with van der Waals surface area (Å²) in [6.45, 7) is 7.45. The minimum absolute atomic E-state index is 0.134. The smallest absolute Gasteiger partial charge is 0.126 e. The van der Waals surface area contributed by atoms with Crippen LogP contribution in [0.4, 0.5) is 10.1 Å². The molecule has 0 bridgehead atoms. The Morgan fingerprint density at radius 3 is 2.72 bits per heavy atom. The van der Waals surface area contributed by atoms with Crippen LogP contribution in [0.1, 0.15) is 25.8 Å². The van der Waals surface area contributed by atoms with Crippen molar-refractivity contribution in [2.75, 3.05) is 18.9 Å². The summed E-state index contributed by atoms with van der Waals surface area (Å²) in [6.07, 6.45) is 1.13. The van der Waals surface area contributed by atoms with Gasteiger partial charge in [0.2, 0.25) is 0 Å². The number of hydrogen-bond donors (Lipinski definition) is 1. The Kier molecular flexibility index (Phi) is 3.91. The summed E-state index contributed by atoms with van der Waals surface area (Å²) < 4.78 is 13.2. The predicted molar refractivity (Wildman–Crippen MR) is 74.4 cm³/mol. The van der Waals surface area contributed by atoms with Crippen LogP contribution >= 0.6 is 0 Å². The van der Waals surface area contributed by atoms with E-state index in [2.05, 4.69) is 31.1 Å². The number of rotatable bonds is 2. The fraction of sp³-hybridized carbons (Fsp3) is 0.600. The van der Waals surface area contributed by atoms with Crippen LogP contribution in [0.15, 0.2) is 18.2 Å². The zero-order chi connectivity index (χ0) is 13.3. The van der Waals surface area contributed by atoms with Gasteiger partial charge in [0.15, 0.2) is 0 Å². The van der Waals surface area contributed by atoms with Crippen LogP contribution < -0.4 is 5.32 Å². The van der Waals surface area contributed by atoms with E-state index >= 15 is 0 Å². The summed E-state index contributed by atoms with van der Waals surface area (Å²) in [4.78, 5) is 2.40.